The van der Waals surface area contributed by atoms with Gasteiger partial charge >= 0.3 is 0 Å². The van der Waals surface area contributed by atoms with Crippen LogP contribution in [0.3, 0.4) is 0 Å². The van der Waals surface area contributed by atoms with Gasteiger partial charge in [-0.2, -0.15) is 0 Å². The Morgan fingerprint density at radius 3 is 2.53 bits per heavy atom. The monoisotopic (exact) mass is 275 g/mol. The molecule has 2 aromatic rings. The molecule has 1 aliphatic carbocycles. The minimum absolute atomic E-state index is 0.209. The number of nitrogens with one attached hydrogen (secondary N) is 1. The molecule has 1 aliphatic rings. The zero-order chi connectivity index (χ0) is 13.2. The molecule has 0 spiro atoms. The first-order valence-corrected chi connectivity index (χ1v) is 6.88. The highest BCUT2D eigenvalue weighted by Crippen LogP contribution is 2.43. The largest absolute Gasteiger partial charge is 0.377 e. The van der Waals surface area contributed by atoms with Gasteiger partial charge in [-0.05, 0) is 42.5 Å². The van der Waals surface area contributed by atoms with Gasteiger partial charge in [0.25, 0.3) is 0 Å². The highest BCUT2D eigenvalue weighted by atomic mass is 35.5. The highest BCUT2D eigenvalue weighted by Gasteiger charge is 2.32. The van der Waals surface area contributed by atoms with Crippen LogP contribution in [0.2, 0.25) is 5.02 Å². The number of benzene rings is 2. The van der Waals surface area contributed by atoms with Crippen molar-refractivity contribution < 1.29 is 4.39 Å². The molecule has 0 amide bonds. The normalized spacial score (nSPS) is 16.1. The van der Waals surface area contributed by atoms with Crippen molar-refractivity contribution >= 4 is 17.3 Å². The summed E-state index contributed by atoms with van der Waals surface area (Å²) in [6.07, 6.45) is 2.42. The third kappa shape index (κ3) is 2.90. The number of rotatable bonds is 4. The molecule has 2 aromatic carbocycles. The second-order valence-electron chi connectivity index (χ2n) is 4.99. The van der Waals surface area contributed by atoms with Crippen molar-refractivity contribution in [3.8, 4) is 0 Å². The van der Waals surface area contributed by atoms with Gasteiger partial charge in [-0.3, -0.25) is 0 Å². The molecule has 1 N–H and O–H groups in total. The van der Waals surface area contributed by atoms with Crippen molar-refractivity contribution in [2.75, 3.05) is 5.32 Å². The van der Waals surface area contributed by atoms with E-state index in [0.29, 0.717) is 16.6 Å². The van der Waals surface area contributed by atoms with Crippen molar-refractivity contribution in [1.82, 2.24) is 0 Å². The number of hydrogen-bond acceptors (Lipinski definition) is 1. The van der Waals surface area contributed by atoms with E-state index < -0.39 is 0 Å². The van der Waals surface area contributed by atoms with Crippen LogP contribution in [-0.4, -0.2) is 0 Å². The van der Waals surface area contributed by atoms with Gasteiger partial charge in [0, 0.05) is 0 Å². The molecular formula is C16H15ClFN. The quantitative estimate of drug-likeness (QED) is 0.824. The minimum atomic E-state index is -0.269. The molecular weight excluding hydrogens is 261 g/mol. The molecule has 0 aromatic heterocycles. The zero-order valence-electron chi connectivity index (χ0n) is 10.4. The molecule has 0 radical (unpaired) electrons. The predicted molar refractivity (Wildman–Crippen MR) is 76.9 cm³/mol. The van der Waals surface area contributed by atoms with Gasteiger partial charge in [-0.15, -0.1) is 0 Å². The summed E-state index contributed by atoms with van der Waals surface area (Å²) >= 11 is 6.12. The highest BCUT2D eigenvalue weighted by molar-refractivity contribution is 6.33. The molecule has 3 heteroatoms. The van der Waals surface area contributed by atoms with E-state index in [-0.39, 0.29) is 11.9 Å². The van der Waals surface area contributed by atoms with E-state index in [9.17, 15) is 4.39 Å². The predicted octanol–water partition coefficient (Wildman–Crippen LogP) is 5.04. The zero-order valence-corrected chi connectivity index (χ0v) is 11.2. The Morgan fingerprint density at radius 2 is 1.84 bits per heavy atom. The maximum Gasteiger partial charge on any atom is 0.125 e. The molecule has 98 valence electrons. The molecule has 0 saturated heterocycles. The first kappa shape index (κ1) is 12.5. The average Bonchev–Trinajstić information content (AvgIpc) is 3.25. The third-order valence-corrected chi connectivity index (χ3v) is 3.82. The lowest BCUT2D eigenvalue weighted by Crippen LogP contribution is -2.13. The van der Waals surface area contributed by atoms with E-state index in [2.05, 4.69) is 17.4 Å². The van der Waals surface area contributed by atoms with Gasteiger partial charge in [-0.25, -0.2) is 4.39 Å². The Kier molecular flexibility index (Phi) is 3.43. The van der Waals surface area contributed by atoms with E-state index in [4.69, 9.17) is 11.6 Å². The average molecular weight is 276 g/mol. The molecule has 19 heavy (non-hydrogen) atoms. The molecule has 1 atom stereocenters. The first-order chi connectivity index (χ1) is 9.24. The van der Waals surface area contributed by atoms with E-state index in [1.54, 1.807) is 6.07 Å². The maximum absolute atomic E-state index is 13.3. The molecule has 0 heterocycles. The van der Waals surface area contributed by atoms with Crippen LogP contribution in [0.15, 0.2) is 48.5 Å². The second kappa shape index (κ2) is 5.22. The van der Waals surface area contributed by atoms with Crippen LogP contribution in [-0.2, 0) is 0 Å². The van der Waals surface area contributed by atoms with Crippen LogP contribution < -0.4 is 5.32 Å². The summed E-state index contributed by atoms with van der Waals surface area (Å²) in [6, 6.07) is 14.9. The van der Waals surface area contributed by atoms with Crippen molar-refractivity contribution in [1.29, 1.82) is 0 Å². The van der Waals surface area contributed by atoms with Gasteiger partial charge in [0.05, 0.1) is 16.8 Å². The number of halogens is 2. The number of anilines is 1. The Morgan fingerprint density at radius 1 is 1.11 bits per heavy atom. The fourth-order valence-electron chi connectivity index (χ4n) is 2.34. The summed E-state index contributed by atoms with van der Waals surface area (Å²) in [6.45, 7) is 0. The smallest absolute Gasteiger partial charge is 0.125 e. The van der Waals surface area contributed by atoms with Gasteiger partial charge in [-0.1, -0.05) is 41.9 Å². The molecule has 1 fully saturated rings. The topological polar surface area (TPSA) is 12.0 Å². The van der Waals surface area contributed by atoms with E-state index >= 15 is 0 Å². The maximum atomic E-state index is 13.3. The molecule has 1 nitrogen and oxygen atoms in total. The van der Waals surface area contributed by atoms with Crippen LogP contribution >= 0.6 is 11.6 Å². The Bertz CT molecular complexity index is 566. The lowest BCUT2D eigenvalue weighted by atomic mass is 10.0. The number of hydrogen-bond donors (Lipinski definition) is 1. The van der Waals surface area contributed by atoms with E-state index in [0.717, 1.165) is 0 Å². The van der Waals surface area contributed by atoms with Gasteiger partial charge in [0.1, 0.15) is 5.82 Å². The Balaban J connectivity index is 1.88. The molecule has 1 unspecified atom stereocenters. The molecule has 3 rings (SSSR count). The SMILES string of the molecule is Fc1ccc(Cl)c(NC(c2ccccc2)C2CC2)c1. The van der Waals surface area contributed by atoms with Crippen LogP contribution in [0.5, 0.6) is 0 Å². The first-order valence-electron chi connectivity index (χ1n) is 6.50. The van der Waals surface area contributed by atoms with Gasteiger partial charge in [0.2, 0.25) is 0 Å². The van der Waals surface area contributed by atoms with Crippen molar-refractivity contribution in [2.45, 2.75) is 18.9 Å². The van der Waals surface area contributed by atoms with Crippen molar-refractivity contribution in [2.24, 2.45) is 5.92 Å². The molecule has 0 bridgehead atoms. The lowest BCUT2D eigenvalue weighted by molar-refractivity contribution is 0.626. The standard InChI is InChI=1S/C16H15ClFN/c17-14-9-8-13(18)10-15(14)19-16(12-6-7-12)11-4-2-1-3-5-11/h1-5,8-10,12,16,19H,6-7H2. The Labute approximate surface area is 117 Å². The van der Waals surface area contributed by atoms with Gasteiger partial charge < -0.3 is 5.32 Å². The molecule has 0 aliphatic heterocycles. The summed E-state index contributed by atoms with van der Waals surface area (Å²) in [7, 11) is 0. The van der Waals surface area contributed by atoms with Crippen LogP contribution in [0, 0.1) is 11.7 Å². The summed E-state index contributed by atoms with van der Waals surface area (Å²) in [5, 5.41) is 3.95. The van der Waals surface area contributed by atoms with Crippen LogP contribution in [0.4, 0.5) is 10.1 Å². The summed E-state index contributed by atoms with van der Waals surface area (Å²) in [5.74, 6) is 0.344. The second-order valence-corrected chi connectivity index (χ2v) is 5.40. The van der Waals surface area contributed by atoms with Crippen molar-refractivity contribution in [3.63, 3.8) is 0 Å². The fourth-order valence-corrected chi connectivity index (χ4v) is 2.51. The summed E-state index contributed by atoms with van der Waals surface area (Å²) in [5.41, 5.74) is 1.90. The summed E-state index contributed by atoms with van der Waals surface area (Å²) < 4.78 is 13.3. The van der Waals surface area contributed by atoms with Crippen LogP contribution in [0.25, 0.3) is 0 Å². The van der Waals surface area contributed by atoms with Crippen molar-refractivity contribution in [3.05, 3.63) is 64.9 Å². The van der Waals surface area contributed by atoms with Crippen LogP contribution in [0.1, 0.15) is 24.4 Å². The Hall–Kier alpha value is -1.54. The fraction of sp³-hybridized carbons (Fsp3) is 0.250. The van der Waals surface area contributed by atoms with E-state index in [1.165, 1.54) is 30.5 Å². The third-order valence-electron chi connectivity index (χ3n) is 3.49. The summed E-state index contributed by atoms with van der Waals surface area (Å²) in [4.78, 5) is 0. The van der Waals surface area contributed by atoms with E-state index in [1.807, 2.05) is 18.2 Å². The van der Waals surface area contributed by atoms with Gasteiger partial charge in [0.15, 0.2) is 0 Å². The lowest BCUT2D eigenvalue weighted by Gasteiger charge is -2.21. The molecule has 1 saturated carbocycles. The minimum Gasteiger partial charge on any atom is -0.377 e.